The third-order valence-corrected chi connectivity index (χ3v) is 12.6. The summed E-state index contributed by atoms with van der Waals surface area (Å²) in [6, 6.07) is 0. The first-order valence-electron chi connectivity index (χ1n) is 29.7. The Morgan fingerprint density at radius 2 is 0.577 bits per heavy atom. The molecule has 71 heavy (non-hydrogen) atoms. The minimum Gasteiger partial charge on any atom is -0.462 e. The molecule has 0 spiro atoms. The average molecular weight is 988 g/mol. The first kappa shape index (κ1) is 67.3. The molecule has 0 saturated heterocycles. The molecular weight excluding hydrogens is 877 g/mol. The third kappa shape index (κ3) is 57.1. The van der Waals surface area contributed by atoms with E-state index >= 15 is 0 Å². The summed E-state index contributed by atoms with van der Waals surface area (Å²) in [6.07, 6.45) is 78.4. The third-order valence-electron chi connectivity index (χ3n) is 12.6. The zero-order valence-corrected chi connectivity index (χ0v) is 46.5. The second-order valence-electron chi connectivity index (χ2n) is 19.5. The van der Waals surface area contributed by atoms with Crippen molar-refractivity contribution in [2.75, 3.05) is 13.2 Å². The molecule has 0 bridgehead atoms. The van der Waals surface area contributed by atoms with Crippen molar-refractivity contribution >= 4 is 17.9 Å². The molecule has 0 aliphatic carbocycles. The van der Waals surface area contributed by atoms with Crippen molar-refractivity contribution in [3.8, 4) is 0 Å². The molecular formula is C65H110O6. The molecule has 0 rings (SSSR count). The quantitative estimate of drug-likeness (QED) is 0.0261. The fraction of sp³-hybridized carbons (Fsp3) is 0.708. The second-order valence-corrected chi connectivity index (χ2v) is 19.5. The molecule has 0 aliphatic heterocycles. The molecule has 0 radical (unpaired) electrons. The zero-order valence-electron chi connectivity index (χ0n) is 46.5. The van der Waals surface area contributed by atoms with Gasteiger partial charge in [-0.2, -0.15) is 0 Å². The Kier molecular flexibility index (Phi) is 55.9. The lowest BCUT2D eigenvalue weighted by atomic mass is 10.1. The van der Waals surface area contributed by atoms with Crippen molar-refractivity contribution in [1.29, 1.82) is 0 Å². The van der Waals surface area contributed by atoms with Crippen LogP contribution in [0.25, 0.3) is 0 Å². The summed E-state index contributed by atoms with van der Waals surface area (Å²) in [5, 5.41) is 0. The van der Waals surface area contributed by atoms with Crippen molar-refractivity contribution in [2.45, 2.75) is 284 Å². The van der Waals surface area contributed by atoms with Gasteiger partial charge in [-0.1, -0.05) is 246 Å². The predicted octanol–water partition coefficient (Wildman–Crippen LogP) is 20.1. The molecule has 6 nitrogen and oxygen atoms in total. The van der Waals surface area contributed by atoms with E-state index in [0.717, 1.165) is 77.0 Å². The SMILES string of the molecule is CC/C=C/C/C=C/C/C=C/C/C=C/C/C=C/C/C=C/CCC(=O)OC[C@@H](COC(=O)CCCCCCCCC/C=C/CCCCCC)OC(=O)CCCCCCCCCCC/C=C/CCCCCCCC. The maximum Gasteiger partial charge on any atom is 0.306 e. The topological polar surface area (TPSA) is 78.9 Å². The van der Waals surface area contributed by atoms with Gasteiger partial charge in [0.25, 0.3) is 0 Å². The summed E-state index contributed by atoms with van der Waals surface area (Å²) in [4.78, 5) is 38.2. The fourth-order valence-electron chi connectivity index (χ4n) is 8.11. The molecule has 0 unspecified atom stereocenters. The number of esters is 3. The van der Waals surface area contributed by atoms with Gasteiger partial charge < -0.3 is 14.2 Å². The number of hydrogen-bond acceptors (Lipinski definition) is 6. The molecule has 6 heteroatoms. The number of carbonyl (C=O) groups is 3. The lowest BCUT2D eigenvalue weighted by Crippen LogP contribution is -2.30. The van der Waals surface area contributed by atoms with Crippen LogP contribution in [-0.4, -0.2) is 37.2 Å². The van der Waals surface area contributed by atoms with Crippen molar-refractivity contribution in [3.63, 3.8) is 0 Å². The van der Waals surface area contributed by atoms with E-state index in [0.29, 0.717) is 19.3 Å². The van der Waals surface area contributed by atoms with Gasteiger partial charge in [-0.05, 0) is 109 Å². The van der Waals surface area contributed by atoms with Crippen LogP contribution in [-0.2, 0) is 28.6 Å². The summed E-state index contributed by atoms with van der Waals surface area (Å²) >= 11 is 0. The van der Waals surface area contributed by atoms with Crippen LogP contribution in [0.1, 0.15) is 278 Å². The van der Waals surface area contributed by atoms with Crippen LogP contribution in [0.4, 0.5) is 0 Å². The monoisotopic (exact) mass is 987 g/mol. The molecule has 0 aliphatic rings. The zero-order chi connectivity index (χ0) is 51.4. The van der Waals surface area contributed by atoms with E-state index in [2.05, 4.69) is 112 Å². The van der Waals surface area contributed by atoms with Gasteiger partial charge in [0.1, 0.15) is 13.2 Å². The van der Waals surface area contributed by atoms with Crippen molar-refractivity contribution in [3.05, 3.63) is 97.2 Å². The van der Waals surface area contributed by atoms with E-state index in [-0.39, 0.29) is 37.5 Å². The highest BCUT2D eigenvalue weighted by molar-refractivity contribution is 5.71. The van der Waals surface area contributed by atoms with Crippen LogP contribution in [0.3, 0.4) is 0 Å². The summed E-state index contributed by atoms with van der Waals surface area (Å²) in [6.45, 7) is 6.46. The van der Waals surface area contributed by atoms with Gasteiger partial charge in [0.15, 0.2) is 6.10 Å². The number of carbonyl (C=O) groups excluding carboxylic acids is 3. The van der Waals surface area contributed by atoms with Crippen molar-refractivity contribution in [1.82, 2.24) is 0 Å². The minimum atomic E-state index is -0.812. The van der Waals surface area contributed by atoms with Crippen molar-refractivity contribution < 1.29 is 28.6 Å². The van der Waals surface area contributed by atoms with Crippen LogP contribution < -0.4 is 0 Å². The van der Waals surface area contributed by atoms with Crippen molar-refractivity contribution in [2.24, 2.45) is 0 Å². The fourth-order valence-corrected chi connectivity index (χ4v) is 8.11. The van der Waals surface area contributed by atoms with E-state index in [9.17, 15) is 14.4 Å². The van der Waals surface area contributed by atoms with E-state index in [4.69, 9.17) is 14.2 Å². The van der Waals surface area contributed by atoms with E-state index < -0.39 is 6.10 Å². The molecule has 0 N–H and O–H groups in total. The van der Waals surface area contributed by atoms with Crippen LogP contribution in [0, 0.1) is 0 Å². The second kappa shape index (κ2) is 58.9. The summed E-state index contributed by atoms with van der Waals surface area (Å²) in [5.41, 5.74) is 0. The maximum atomic E-state index is 12.9. The Morgan fingerprint density at radius 3 is 0.958 bits per heavy atom. The molecule has 0 saturated carbocycles. The normalized spacial score (nSPS) is 12.8. The minimum absolute atomic E-state index is 0.104. The largest absolute Gasteiger partial charge is 0.462 e. The highest BCUT2D eigenvalue weighted by atomic mass is 16.6. The van der Waals surface area contributed by atoms with Crippen LogP contribution in [0.15, 0.2) is 97.2 Å². The molecule has 406 valence electrons. The van der Waals surface area contributed by atoms with Gasteiger partial charge >= 0.3 is 17.9 Å². The van der Waals surface area contributed by atoms with Gasteiger partial charge in [0.05, 0.1) is 0 Å². The number of allylic oxidation sites excluding steroid dienone is 16. The van der Waals surface area contributed by atoms with Crippen LogP contribution >= 0.6 is 0 Å². The molecule has 0 heterocycles. The molecule has 0 aromatic rings. The molecule has 0 aromatic carbocycles. The highest BCUT2D eigenvalue weighted by Gasteiger charge is 2.19. The summed E-state index contributed by atoms with van der Waals surface area (Å²) < 4.78 is 16.8. The molecule has 0 aromatic heterocycles. The number of rotatable bonds is 53. The van der Waals surface area contributed by atoms with Gasteiger partial charge in [-0.15, -0.1) is 0 Å². The lowest BCUT2D eigenvalue weighted by molar-refractivity contribution is -0.166. The van der Waals surface area contributed by atoms with Crippen LogP contribution in [0.2, 0.25) is 0 Å². The number of ether oxygens (including phenoxy) is 3. The first-order valence-corrected chi connectivity index (χ1v) is 29.7. The Labute approximate surface area is 438 Å². The highest BCUT2D eigenvalue weighted by Crippen LogP contribution is 2.15. The Morgan fingerprint density at radius 1 is 0.296 bits per heavy atom. The summed E-state index contributed by atoms with van der Waals surface area (Å²) in [7, 11) is 0. The van der Waals surface area contributed by atoms with Gasteiger partial charge in [0.2, 0.25) is 0 Å². The van der Waals surface area contributed by atoms with Gasteiger partial charge in [0, 0.05) is 19.3 Å². The van der Waals surface area contributed by atoms with E-state index in [1.54, 1.807) is 0 Å². The van der Waals surface area contributed by atoms with Gasteiger partial charge in [-0.3, -0.25) is 14.4 Å². The predicted molar refractivity (Wildman–Crippen MR) is 307 cm³/mol. The Balaban J connectivity index is 4.49. The number of hydrogen-bond donors (Lipinski definition) is 0. The average Bonchev–Trinajstić information content (AvgIpc) is 3.37. The maximum absolute atomic E-state index is 12.9. The smallest absolute Gasteiger partial charge is 0.306 e. The Bertz CT molecular complexity index is 1410. The first-order chi connectivity index (χ1) is 35.0. The molecule has 0 amide bonds. The van der Waals surface area contributed by atoms with E-state index in [1.807, 2.05) is 6.08 Å². The lowest BCUT2D eigenvalue weighted by Gasteiger charge is -2.18. The molecule has 1 atom stereocenters. The van der Waals surface area contributed by atoms with E-state index in [1.165, 1.54) is 154 Å². The number of unbranched alkanes of at least 4 members (excludes halogenated alkanes) is 26. The summed E-state index contributed by atoms with van der Waals surface area (Å²) in [5.74, 6) is -0.992. The van der Waals surface area contributed by atoms with Crippen LogP contribution in [0.5, 0.6) is 0 Å². The molecule has 0 fully saturated rings. The van der Waals surface area contributed by atoms with Gasteiger partial charge in [-0.25, -0.2) is 0 Å². The standard InChI is InChI=1S/C65H110O6/c1-4-7-10-13-16-19-22-25-28-30-32-34-37-40-43-46-49-52-55-58-64(67)70-61-62(60-69-63(66)57-54-51-48-45-42-39-36-27-24-21-18-15-12-9-6-3)71-65(68)59-56-53-50-47-44-41-38-35-33-31-29-26-23-20-17-14-11-8-5-2/h7,10,16,19,21,24-26,28-29,32,34,40,43,49,52,62H,4-6,8-9,11-15,17-18,20,22-23,27,30-31,33,35-39,41-42,44-48,50-51,53-61H2,1-3H3/b10-7+,19-16+,24-21+,28-25+,29-26+,34-32+,43-40+,52-49+/t62-/m1/s1. The Hall–Kier alpha value is -3.67.